The van der Waals surface area contributed by atoms with E-state index in [4.69, 9.17) is 32.7 Å². The standard InChI is InChI=1S/C18H20Cl2FNO2/c1-18(2,23-3)11-24-10-12-7-8-15(21)16(9-12)22-17-13(19)5-4-6-14(17)20/h4-9,22H,10-11H2,1-3H3. The van der Waals surface area contributed by atoms with Crippen LogP contribution in [-0.2, 0) is 16.1 Å². The largest absolute Gasteiger partial charge is 0.376 e. The Morgan fingerprint density at radius 3 is 2.42 bits per heavy atom. The van der Waals surface area contributed by atoms with Gasteiger partial charge in [-0.3, -0.25) is 0 Å². The van der Waals surface area contributed by atoms with E-state index in [0.717, 1.165) is 5.56 Å². The van der Waals surface area contributed by atoms with E-state index in [1.165, 1.54) is 6.07 Å². The summed E-state index contributed by atoms with van der Waals surface area (Å²) in [5, 5.41) is 3.79. The third kappa shape index (κ3) is 5.08. The predicted octanol–water partition coefficient (Wildman–Crippen LogP) is 5.82. The molecule has 2 aromatic carbocycles. The minimum Gasteiger partial charge on any atom is -0.376 e. The number of nitrogens with one attached hydrogen (secondary N) is 1. The summed E-state index contributed by atoms with van der Waals surface area (Å²) in [6.07, 6.45) is 0. The number of hydrogen-bond donors (Lipinski definition) is 1. The first-order chi connectivity index (χ1) is 11.3. The number of ether oxygens (including phenoxy) is 2. The number of benzene rings is 2. The van der Waals surface area contributed by atoms with Crippen molar-refractivity contribution in [1.82, 2.24) is 0 Å². The summed E-state index contributed by atoms with van der Waals surface area (Å²) in [6, 6.07) is 9.84. The first-order valence-electron chi connectivity index (χ1n) is 7.45. The normalized spacial score (nSPS) is 11.6. The lowest BCUT2D eigenvalue weighted by Gasteiger charge is -2.22. The highest BCUT2D eigenvalue weighted by Crippen LogP contribution is 2.33. The zero-order valence-electron chi connectivity index (χ0n) is 13.8. The van der Waals surface area contributed by atoms with Crippen molar-refractivity contribution in [3.63, 3.8) is 0 Å². The predicted molar refractivity (Wildman–Crippen MR) is 96.9 cm³/mol. The number of anilines is 2. The number of para-hydroxylation sites is 1. The van der Waals surface area contributed by atoms with Crippen LogP contribution in [0.3, 0.4) is 0 Å². The molecule has 0 spiro atoms. The zero-order chi connectivity index (χ0) is 17.7. The highest BCUT2D eigenvalue weighted by molar-refractivity contribution is 6.39. The van der Waals surface area contributed by atoms with E-state index < -0.39 is 5.82 Å². The van der Waals surface area contributed by atoms with Crippen molar-refractivity contribution in [2.45, 2.75) is 26.1 Å². The molecule has 24 heavy (non-hydrogen) atoms. The summed E-state index contributed by atoms with van der Waals surface area (Å²) >= 11 is 12.2. The van der Waals surface area contributed by atoms with Crippen LogP contribution in [0.25, 0.3) is 0 Å². The molecular formula is C18H20Cl2FNO2. The van der Waals surface area contributed by atoms with Crippen molar-refractivity contribution >= 4 is 34.6 Å². The third-order valence-electron chi connectivity index (χ3n) is 3.52. The average Bonchev–Trinajstić information content (AvgIpc) is 2.53. The summed E-state index contributed by atoms with van der Waals surface area (Å²) in [5.41, 5.74) is 1.22. The molecule has 0 aliphatic carbocycles. The number of rotatable bonds is 7. The van der Waals surface area contributed by atoms with Crippen LogP contribution < -0.4 is 5.32 Å². The molecular weight excluding hydrogens is 352 g/mol. The Hall–Kier alpha value is -1.33. The Morgan fingerprint density at radius 2 is 1.79 bits per heavy atom. The highest BCUT2D eigenvalue weighted by atomic mass is 35.5. The average molecular weight is 372 g/mol. The summed E-state index contributed by atoms with van der Waals surface area (Å²) < 4.78 is 25.0. The molecule has 2 aromatic rings. The first kappa shape index (κ1) is 19.0. The maximum atomic E-state index is 14.1. The van der Waals surface area contributed by atoms with Crippen LogP contribution in [0.2, 0.25) is 10.0 Å². The number of halogens is 3. The van der Waals surface area contributed by atoms with Gasteiger partial charge in [0.2, 0.25) is 0 Å². The van der Waals surface area contributed by atoms with E-state index in [2.05, 4.69) is 5.32 Å². The summed E-state index contributed by atoms with van der Waals surface area (Å²) in [5.74, 6) is -0.396. The van der Waals surface area contributed by atoms with Crippen LogP contribution in [0, 0.1) is 5.82 Å². The van der Waals surface area contributed by atoms with Crippen LogP contribution in [0.15, 0.2) is 36.4 Å². The molecule has 0 aromatic heterocycles. The van der Waals surface area contributed by atoms with Gasteiger partial charge >= 0.3 is 0 Å². The van der Waals surface area contributed by atoms with E-state index in [9.17, 15) is 4.39 Å². The summed E-state index contributed by atoms with van der Waals surface area (Å²) in [4.78, 5) is 0. The minimum atomic E-state index is -0.396. The van der Waals surface area contributed by atoms with E-state index in [-0.39, 0.29) is 11.3 Å². The van der Waals surface area contributed by atoms with Crippen molar-refractivity contribution in [3.05, 3.63) is 57.8 Å². The van der Waals surface area contributed by atoms with Gasteiger partial charge < -0.3 is 14.8 Å². The second-order valence-corrected chi connectivity index (χ2v) is 6.81. The molecule has 0 aliphatic rings. The molecule has 0 fully saturated rings. The summed E-state index contributed by atoms with van der Waals surface area (Å²) in [6.45, 7) is 4.64. The van der Waals surface area contributed by atoms with E-state index >= 15 is 0 Å². The van der Waals surface area contributed by atoms with Gasteiger partial charge in [-0.05, 0) is 43.7 Å². The van der Waals surface area contributed by atoms with Crippen LogP contribution >= 0.6 is 23.2 Å². The fourth-order valence-corrected chi connectivity index (χ4v) is 2.48. The second kappa shape index (κ2) is 8.17. The SMILES string of the molecule is COC(C)(C)COCc1ccc(F)c(Nc2c(Cl)cccc2Cl)c1. The Morgan fingerprint density at radius 1 is 1.12 bits per heavy atom. The molecule has 0 radical (unpaired) electrons. The quantitative estimate of drug-likeness (QED) is 0.665. The van der Waals surface area contributed by atoms with Crippen LogP contribution in [0.1, 0.15) is 19.4 Å². The topological polar surface area (TPSA) is 30.5 Å². The van der Waals surface area contributed by atoms with Gasteiger partial charge in [-0.15, -0.1) is 0 Å². The lowest BCUT2D eigenvalue weighted by atomic mass is 10.1. The lowest BCUT2D eigenvalue weighted by molar-refractivity contribution is -0.0554. The number of hydrogen-bond acceptors (Lipinski definition) is 3. The van der Waals surface area contributed by atoms with E-state index in [0.29, 0.717) is 28.9 Å². The molecule has 0 bridgehead atoms. The molecule has 0 unspecified atom stereocenters. The lowest BCUT2D eigenvalue weighted by Crippen LogP contribution is -2.29. The molecule has 130 valence electrons. The van der Waals surface area contributed by atoms with Crippen molar-refractivity contribution in [2.75, 3.05) is 19.0 Å². The van der Waals surface area contributed by atoms with Gasteiger partial charge in [-0.1, -0.05) is 35.3 Å². The maximum absolute atomic E-state index is 14.1. The monoisotopic (exact) mass is 371 g/mol. The van der Waals surface area contributed by atoms with Gasteiger partial charge in [0, 0.05) is 7.11 Å². The van der Waals surface area contributed by atoms with Crippen molar-refractivity contribution in [2.24, 2.45) is 0 Å². The molecule has 3 nitrogen and oxygen atoms in total. The fraction of sp³-hybridized carbons (Fsp3) is 0.333. The Bertz CT molecular complexity index is 687. The van der Waals surface area contributed by atoms with E-state index in [1.54, 1.807) is 37.4 Å². The van der Waals surface area contributed by atoms with Crippen LogP contribution in [0.5, 0.6) is 0 Å². The molecule has 0 saturated heterocycles. The van der Waals surface area contributed by atoms with E-state index in [1.807, 2.05) is 13.8 Å². The first-order valence-corrected chi connectivity index (χ1v) is 8.20. The Balaban J connectivity index is 2.11. The molecule has 6 heteroatoms. The molecule has 0 aliphatic heterocycles. The van der Waals surface area contributed by atoms with Crippen molar-refractivity contribution in [3.8, 4) is 0 Å². The third-order valence-corrected chi connectivity index (χ3v) is 4.15. The van der Waals surface area contributed by atoms with Crippen molar-refractivity contribution in [1.29, 1.82) is 0 Å². The van der Waals surface area contributed by atoms with Gasteiger partial charge in [0.1, 0.15) is 5.82 Å². The number of methoxy groups -OCH3 is 1. The van der Waals surface area contributed by atoms with Gasteiger partial charge in [0.05, 0.1) is 40.2 Å². The smallest absolute Gasteiger partial charge is 0.146 e. The molecule has 2 rings (SSSR count). The van der Waals surface area contributed by atoms with Crippen LogP contribution in [-0.4, -0.2) is 19.3 Å². The zero-order valence-corrected chi connectivity index (χ0v) is 15.3. The molecule has 0 heterocycles. The highest BCUT2D eigenvalue weighted by Gasteiger charge is 2.16. The fourth-order valence-electron chi connectivity index (χ4n) is 1.98. The Kier molecular flexibility index (Phi) is 6.47. The van der Waals surface area contributed by atoms with Gasteiger partial charge in [0.25, 0.3) is 0 Å². The Labute approximate surface area is 151 Å². The molecule has 1 N–H and O–H groups in total. The van der Waals surface area contributed by atoms with Crippen molar-refractivity contribution < 1.29 is 13.9 Å². The minimum absolute atomic E-state index is 0.289. The molecule has 0 saturated carbocycles. The van der Waals surface area contributed by atoms with Gasteiger partial charge in [-0.25, -0.2) is 4.39 Å². The molecule has 0 atom stereocenters. The molecule has 0 amide bonds. The van der Waals surface area contributed by atoms with Crippen LogP contribution in [0.4, 0.5) is 15.8 Å². The summed E-state index contributed by atoms with van der Waals surface area (Å²) in [7, 11) is 1.64. The van der Waals surface area contributed by atoms with Gasteiger partial charge in [-0.2, -0.15) is 0 Å². The maximum Gasteiger partial charge on any atom is 0.146 e. The van der Waals surface area contributed by atoms with Gasteiger partial charge in [0.15, 0.2) is 0 Å². The second-order valence-electron chi connectivity index (χ2n) is 5.99.